The SMILES string of the molecule is CCN(Cc1ccncc1)Cc1ccccc1OC[C@H](O)CN1CCSCC1. The van der Waals surface area contributed by atoms with Gasteiger partial charge >= 0.3 is 0 Å². The van der Waals surface area contributed by atoms with Gasteiger partial charge in [0.1, 0.15) is 18.5 Å². The number of benzene rings is 1. The van der Waals surface area contributed by atoms with E-state index in [0.717, 1.165) is 55.5 Å². The molecule has 1 aliphatic rings. The summed E-state index contributed by atoms with van der Waals surface area (Å²) in [5, 5.41) is 10.4. The Morgan fingerprint density at radius 1 is 1.14 bits per heavy atom. The van der Waals surface area contributed by atoms with Gasteiger partial charge in [-0.05, 0) is 30.3 Å². The molecule has 1 N–H and O–H groups in total. The van der Waals surface area contributed by atoms with Crippen molar-refractivity contribution >= 4 is 11.8 Å². The molecule has 0 saturated carbocycles. The molecule has 0 unspecified atom stereocenters. The lowest BCUT2D eigenvalue weighted by atomic mass is 10.1. The molecule has 0 bridgehead atoms. The van der Waals surface area contributed by atoms with Crippen molar-refractivity contribution in [1.82, 2.24) is 14.8 Å². The van der Waals surface area contributed by atoms with Crippen LogP contribution in [0.4, 0.5) is 0 Å². The molecule has 0 spiro atoms. The molecule has 0 amide bonds. The first-order chi connectivity index (χ1) is 13.7. The molecule has 1 atom stereocenters. The number of aliphatic hydroxyl groups is 1. The van der Waals surface area contributed by atoms with E-state index in [0.29, 0.717) is 13.2 Å². The highest BCUT2D eigenvalue weighted by molar-refractivity contribution is 7.99. The lowest BCUT2D eigenvalue weighted by molar-refractivity contribution is 0.0708. The summed E-state index contributed by atoms with van der Waals surface area (Å²) >= 11 is 1.98. The summed E-state index contributed by atoms with van der Waals surface area (Å²) in [6.07, 6.45) is 3.21. The fourth-order valence-electron chi connectivity index (χ4n) is 3.36. The minimum atomic E-state index is -0.463. The van der Waals surface area contributed by atoms with Crippen molar-refractivity contribution < 1.29 is 9.84 Å². The Hall–Kier alpha value is -1.60. The number of hydrogen-bond acceptors (Lipinski definition) is 6. The minimum Gasteiger partial charge on any atom is -0.491 e. The number of aliphatic hydroxyl groups excluding tert-OH is 1. The Morgan fingerprint density at radius 2 is 1.89 bits per heavy atom. The molecule has 0 aliphatic carbocycles. The molecule has 28 heavy (non-hydrogen) atoms. The van der Waals surface area contributed by atoms with E-state index >= 15 is 0 Å². The van der Waals surface area contributed by atoms with Crippen LogP contribution in [0.25, 0.3) is 0 Å². The third kappa shape index (κ3) is 6.78. The van der Waals surface area contributed by atoms with Crippen molar-refractivity contribution in [3.63, 3.8) is 0 Å². The second-order valence-electron chi connectivity index (χ2n) is 7.14. The van der Waals surface area contributed by atoms with Crippen molar-refractivity contribution in [2.75, 3.05) is 44.3 Å². The van der Waals surface area contributed by atoms with Crippen molar-refractivity contribution in [1.29, 1.82) is 0 Å². The van der Waals surface area contributed by atoms with Crippen LogP contribution in [0.15, 0.2) is 48.8 Å². The van der Waals surface area contributed by atoms with Gasteiger partial charge in [0.2, 0.25) is 0 Å². The average molecular weight is 402 g/mol. The highest BCUT2D eigenvalue weighted by Gasteiger charge is 2.16. The number of hydrogen-bond donors (Lipinski definition) is 1. The molecule has 1 aliphatic heterocycles. The van der Waals surface area contributed by atoms with Crippen molar-refractivity contribution in [2.45, 2.75) is 26.1 Å². The maximum absolute atomic E-state index is 10.4. The maximum Gasteiger partial charge on any atom is 0.123 e. The average Bonchev–Trinajstić information content (AvgIpc) is 2.74. The van der Waals surface area contributed by atoms with E-state index < -0.39 is 6.10 Å². The van der Waals surface area contributed by atoms with E-state index in [1.165, 1.54) is 5.56 Å². The Kier molecular flexibility index (Phi) is 8.61. The first kappa shape index (κ1) is 21.1. The highest BCUT2D eigenvalue weighted by atomic mass is 32.2. The van der Waals surface area contributed by atoms with Gasteiger partial charge in [0.05, 0.1) is 0 Å². The molecule has 5 nitrogen and oxygen atoms in total. The van der Waals surface area contributed by atoms with Crippen LogP contribution in [0.2, 0.25) is 0 Å². The number of ether oxygens (including phenoxy) is 1. The number of rotatable bonds is 10. The first-order valence-corrected chi connectivity index (χ1v) is 11.2. The number of thioether (sulfide) groups is 1. The third-order valence-electron chi connectivity index (χ3n) is 4.97. The molecule has 6 heteroatoms. The summed E-state index contributed by atoms with van der Waals surface area (Å²) in [6, 6.07) is 12.3. The number of aromatic nitrogens is 1. The zero-order valence-electron chi connectivity index (χ0n) is 16.7. The summed E-state index contributed by atoms with van der Waals surface area (Å²) in [5.41, 5.74) is 2.41. The van der Waals surface area contributed by atoms with Gasteiger partial charge in [-0.25, -0.2) is 0 Å². The van der Waals surface area contributed by atoms with Crippen LogP contribution in [0, 0.1) is 0 Å². The Bertz CT molecular complexity index is 695. The molecular formula is C22H31N3O2S. The van der Waals surface area contributed by atoms with Gasteiger partial charge in [0.15, 0.2) is 0 Å². The van der Waals surface area contributed by atoms with Gasteiger partial charge in [-0.2, -0.15) is 11.8 Å². The fraction of sp³-hybridized carbons (Fsp3) is 0.500. The molecule has 152 valence electrons. The third-order valence-corrected chi connectivity index (χ3v) is 5.92. The van der Waals surface area contributed by atoms with Crippen LogP contribution in [-0.4, -0.2) is 70.3 Å². The Morgan fingerprint density at radius 3 is 2.64 bits per heavy atom. The standard InChI is InChI=1S/C22H31N3O2S/c1-2-24(15-19-7-9-23-10-8-19)16-20-5-3-4-6-22(20)27-18-21(26)17-25-11-13-28-14-12-25/h3-10,21,26H,2,11-18H2,1H3/t21-/m1/s1. The monoisotopic (exact) mass is 401 g/mol. The van der Waals surface area contributed by atoms with Crippen LogP contribution in [0.1, 0.15) is 18.1 Å². The lowest BCUT2D eigenvalue weighted by Gasteiger charge is -2.28. The lowest BCUT2D eigenvalue weighted by Crippen LogP contribution is -2.40. The van der Waals surface area contributed by atoms with Gasteiger partial charge in [0.25, 0.3) is 0 Å². The van der Waals surface area contributed by atoms with E-state index in [-0.39, 0.29) is 0 Å². The molecule has 2 aromatic rings. The second-order valence-corrected chi connectivity index (χ2v) is 8.37. The van der Waals surface area contributed by atoms with E-state index in [2.05, 4.69) is 39.9 Å². The minimum absolute atomic E-state index is 0.330. The van der Waals surface area contributed by atoms with Crippen molar-refractivity contribution in [3.05, 3.63) is 59.9 Å². The first-order valence-electron chi connectivity index (χ1n) is 10.0. The summed E-state index contributed by atoms with van der Waals surface area (Å²) in [6.45, 7) is 7.94. The van der Waals surface area contributed by atoms with Crippen LogP contribution in [0.5, 0.6) is 5.75 Å². The van der Waals surface area contributed by atoms with Gasteiger partial charge in [-0.1, -0.05) is 25.1 Å². The highest BCUT2D eigenvalue weighted by Crippen LogP contribution is 2.21. The number of nitrogens with zero attached hydrogens (tertiary/aromatic N) is 3. The zero-order valence-corrected chi connectivity index (χ0v) is 17.5. The normalized spacial score (nSPS) is 16.2. The van der Waals surface area contributed by atoms with Crippen LogP contribution in [0.3, 0.4) is 0 Å². The topological polar surface area (TPSA) is 48.8 Å². The van der Waals surface area contributed by atoms with Gasteiger partial charge in [-0.15, -0.1) is 0 Å². The van der Waals surface area contributed by atoms with Gasteiger partial charge in [-0.3, -0.25) is 14.8 Å². The Balaban J connectivity index is 1.54. The maximum atomic E-state index is 10.4. The quantitative estimate of drug-likeness (QED) is 0.661. The molecule has 1 fully saturated rings. The number of pyridine rings is 1. The van der Waals surface area contributed by atoms with Crippen LogP contribution in [-0.2, 0) is 13.1 Å². The Labute approximate surface area is 172 Å². The molecule has 2 heterocycles. The summed E-state index contributed by atoms with van der Waals surface area (Å²) < 4.78 is 6.02. The molecular weight excluding hydrogens is 370 g/mol. The second kappa shape index (κ2) is 11.4. The molecule has 0 radical (unpaired) electrons. The summed E-state index contributed by atoms with van der Waals surface area (Å²) in [5.74, 6) is 3.17. The number of para-hydroxylation sites is 1. The van der Waals surface area contributed by atoms with E-state index in [9.17, 15) is 5.11 Å². The van der Waals surface area contributed by atoms with Crippen molar-refractivity contribution in [2.24, 2.45) is 0 Å². The van der Waals surface area contributed by atoms with Crippen LogP contribution >= 0.6 is 11.8 Å². The van der Waals surface area contributed by atoms with E-state index in [1.807, 2.05) is 42.4 Å². The number of β-amino-alcohol motifs (C(OH)–C–C–N with tert-alkyl or cyclic N) is 1. The van der Waals surface area contributed by atoms with E-state index in [4.69, 9.17) is 4.74 Å². The smallest absolute Gasteiger partial charge is 0.123 e. The molecule has 3 rings (SSSR count). The zero-order chi connectivity index (χ0) is 19.6. The van der Waals surface area contributed by atoms with Gasteiger partial charge in [0, 0.05) is 62.2 Å². The molecule has 1 aromatic carbocycles. The van der Waals surface area contributed by atoms with Gasteiger partial charge < -0.3 is 9.84 Å². The largest absolute Gasteiger partial charge is 0.491 e. The summed E-state index contributed by atoms with van der Waals surface area (Å²) in [4.78, 5) is 8.79. The summed E-state index contributed by atoms with van der Waals surface area (Å²) in [7, 11) is 0. The van der Waals surface area contributed by atoms with Crippen molar-refractivity contribution in [3.8, 4) is 5.75 Å². The predicted octanol–water partition coefficient (Wildman–Crippen LogP) is 2.89. The van der Waals surface area contributed by atoms with E-state index in [1.54, 1.807) is 0 Å². The van der Waals surface area contributed by atoms with Crippen LogP contribution < -0.4 is 4.74 Å². The molecule has 1 aromatic heterocycles. The predicted molar refractivity (Wildman–Crippen MR) is 116 cm³/mol. The fourth-order valence-corrected chi connectivity index (χ4v) is 4.34. The molecule has 1 saturated heterocycles.